The minimum atomic E-state index is -3.42. The summed E-state index contributed by atoms with van der Waals surface area (Å²) in [7, 11) is -2.05. The van der Waals surface area contributed by atoms with Gasteiger partial charge in [0.2, 0.25) is 10.0 Å². The van der Waals surface area contributed by atoms with Gasteiger partial charge in [-0.15, -0.1) is 0 Å². The Hall–Kier alpha value is -1.70. The van der Waals surface area contributed by atoms with Crippen LogP contribution >= 0.6 is 11.3 Å². The molecular formula is C18H21NO4S2. The molecule has 1 saturated heterocycles. The van der Waals surface area contributed by atoms with Gasteiger partial charge in [0.25, 0.3) is 0 Å². The van der Waals surface area contributed by atoms with Crippen LogP contribution in [0.5, 0.6) is 0 Å². The van der Waals surface area contributed by atoms with Gasteiger partial charge < -0.3 is 4.74 Å². The van der Waals surface area contributed by atoms with Crippen LogP contribution in [0.4, 0.5) is 0 Å². The fourth-order valence-corrected chi connectivity index (χ4v) is 5.72. The molecule has 2 heterocycles. The van der Waals surface area contributed by atoms with Crippen molar-refractivity contribution in [1.82, 2.24) is 4.31 Å². The number of piperidine rings is 1. The minimum absolute atomic E-state index is 0.139. The van der Waals surface area contributed by atoms with Crippen LogP contribution < -0.4 is 0 Å². The standard InChI is InChI=1S/C18H21NO4S2/c1-23-18(20)11-14-4-2-5-15(10-14)16-6-3-8-19(12-16)25(21,22)17-7-9-24-13-17/h2,4-5,7,9-10,13,16H,3,6,8,11-12H2,1H3. The summed E-state index contributed by atoms with van der Waals surface area (Å²) in [4.78, 5) is 11.8. The van der Waals surface area contributed by atoms with E-state index in [-0.39, 0.29) is 18.3 Å². The Bertz CT molecular complexity index is 831. The summed E-state index contributed by atoms with van der Waals surface area (Å²) in [5, 5.41) is 3.46. The van der Waals surface area contributed by atoms with Crippen molar-refractivity contribution in [3.05, 3.63) is 52.2 Å². The van der Waals surface area contributed by atoms with Gasteiger partial charge in [-0.1, -0.05) is 24.3 Å². The highest BCUT2D eigenvalue weighted by Crippen LogP contribution is 2.31. The van der Waals surface area contributed by atoms with E-state index in [1.54, 1.807) is 21.1 Å². The maximum Gasteiger partial charge on any atom is 0.309 e. The summed E-state index contributed by atoms with van der Waals surface area (Å²) in [5.41, 5.74) is 1.97. The van der Waals surface area contributed by atoms with Crippen LogP contribution in [0.25, 0.3) is 0 Å². The van der Waals surface area contributed by atoms with E-state index in [1.807, 2.05) is 24.3 Å². The Morgan fingerprint density at radius 2 is 2.20 bits per heavy atom. The van der Waals surface area contributed by atoms with Gasteiger partial charge >= 0.3 is 5.97 Å². The van der Waals surface area contributed by atoms with Crippen molar-refractivity contribution >= 4 is 27.3 Å². The predicted molar refractivity (Wildman–Crippen MR) is 97.2 cm³/mol. The quantitative estimate of drug-likeness (QED) is 0.749. The zero-order valence-electron chi connectivity index (χ0n) is 14.1. The van der Waals surface area contributed by atoms with Crippen LogP contribution in [0.1, 0.15) is 29.9 Å². The highest BCUT2D eigenvalue weighted by atomic mass is 32.2. The smallest absolute Gasteiger partial charge is 0.309 e. The summed E-state index contributed by atoms with van der Waals surface area (Å²) >= 11 is 1.39. The van der Waals surface area contributed by atoms with E-state index < -0.39 is 10.0 Å². The molecule has 3 rings (SSSR count). The molecule has 5 nitrogen and oxygen atoms in total. The summed E-state index contributed by atoms with van der Waals surface area (Å²) < 4.78 is 31.8. The molecule has 1 aliphatic heterocycles. The Morgan fingerprint density at radius 3 is 2.92 bits per heavy atom. The van der Waals surface area contributed by atoms with Crippen molar-refractivity contribution in [2.75, 3.05) is 20.2 Å². The first-order chi connectivity index (χ1) is 12.0. The van der Waals surface area contributed by atoms with Crippen molar-refractivity contribution < 1.29 is 17.9 Å². The molecule has 1 atom stereocenters. The average Bonchev–Trinajstić information content (AvgIpc) is 3.17. The summed E-state index contributed by atoms with van der Waals surface area (Å²) in [5.74, 6) is -0.137. The van der Waals surface area contributed by atoms with Crippen LogP contribution in [-0.2, 0) is 26.0 Å². The zero-order chi connectivity index (χ0) is 17.9. The number of thiophene rings is 1. The molecule has 0 N–H and O–H groups in total. The molecule has 1 unspecified atom stereocenters. The van der Waals surface area contributed by atoms with Gasteiger partial charge in [0.05, 0.1) is 18.4 Å². The molecular weight excluding hydrogens is 358 g/mol. The minimum Gasteiger partial charge on any atom is -0.469 e. The lowest BCUT2D eigenvalue weighted by Crippen LogP contribution is -2.38. The monoisotopic (exact) mass is 379 g/mol. The van der Waals surface area contributed by atoms with Crippen LogP contribution in [-0.4, -0.2) is 38.9 Å². The Morgan fingerprint density at radius 1 is 1.36 bits per heavy atom. The molecule has 2 aromatic rings. The fourth-order valence-electron chi connectivity index (χ4n) is 3.18. The highest BCUT2D eigenvalue weighted by molar-refractivity contribution is 7.89. The van der Waals surface area contributed by atoms with E-state index in [2.05, 4.69) is 0 Å². The number of carbonyl (C=O) groups is 1. The van der Waals surface area contributed by atoms with E-state index in [4.69, 9.17) is 4.74 Å². The van der Waals surface area contributed by atoms with E-state index >= 15 is 0 Å². The van der Waals surface area contributed by atoms with Crippen molar-refractivity contribution in [1.29, 1.82) is 0 Å². The Labute approximate surface area is 152 Å². The van der Waals surface area contributed by atoms with Gasteiger partial charge in [-0.3, -0.25) is 4.79 Å². The topological polar surface area (TPSA) is 63.7 Å². The number of esters is 1. The number of rotatable bonds is 5. The third-order valence-corrected chi connectivity index (χ3v) is 7.21. The molecule has 1 aliphatic rings. The number of sulfonamides is 1. The molecule has 0 saturated carbocycles. The number of hydrogen-bond donors (Lipinski definition) is 0. The first-order valence-corrected chi connectivity index (χ1v) is 10.6. The van der Waals surface area contributed by atoms with Crippen LogP contribution in [0, 0.1) is 0 Å². The van der Waals surface area contributed by atoms with Crippen LogP contribution in [0.3, 0.4) is 0 Å². The Balaban J connectivity index is 1.78. The first-order valence-electron chi connectivity index (χ1n) is 8.18. The average molecular weight is 380 g/mol. The summed E-state index contributed by atoms with van der Waals surface area (Å²) in [6.45, 7) is 1.02. The number of hydrogen-bond acceptors (Lipinski definition) is 5. The molecule has 0 radical (unpaired) electrons. The maximum absolute atomic E-state index is 12.7. The second kappa shape index (κ2) is 7.68. The summed E-state index contributed by atoms with van der Waals surface area (Å²) in [6.07, 6.45) is 2.00. The van der Waals surface area contributed by atoms with E-state index in [0.717, 1.165) is 24.0 Å². The number of methoxy groups -OCH3 is 1. The van der Waals surface area contributed by atoms with Crippen molar-refractivity contribution in [3.63, 3.8) is 0 Å². The van der Waals surface area contributed by atoms with Crippen molar-refractivity contribution in [2.24, 2.45) is 0 Å². The zero-order valence-corrected chi connectivity index (χ0v) is 15.7. The number of ether oxygens (including phenoxy) is 1. The van der Waals surface area contributed by atoms with Gasteiger partial charge in [0, 0.05) is 18.5 Å². The summed E-state index contributed by atoms with van der Waals surface area (Å²) in [6, 6.07) is 9.46. The normalized spacial score (nSPS) is 18.8. The van der Waals surface area contributed by atoms with Crippen molar-refractivity contribution in [2.45, 2.75) is 30.1 Å². The lowest BCUT2D eigenvalue weighted by atomic mass is 9.90. The molecule has 0 bridgehead atoms. The van der Waals surface area contributed by atoms with Gasteiger partial charge in [-0.25, -0.2) is 8.42 Å². The predicted octanol–water partition coefficient (Wildman–Crippen LogP) is 3.03. The number of nitrogens with zero attached hydrogens (tertiary/aromatic N) is 1. The molecule has 1 fully saturated rings. The van der Waals surface area contributed by atoms with Gasteiger partial charge in [0.15, 0.2) is 0 Å². The maximum atomic E-state index is 12.7. The number of benzene rings is 1. The van der Waals surface area contributed by atoms with Crippen LogP contribution in [0.15, 0.2) is 46.0 Å². The second-order valence-corrected chi connectivity index (χ2v) is 8.88. The lowest BCUT2D eigenvalue weighted by molar-refractivity contribution is -0.139. The second-order valence-electron chi connectivity index (χ2n) is 6.16. The largest absolute Gasteiger partial charge is 0.469 e. The van der Waals surface area contributed by atoms with E-state index in [0.29, 0.717) is 18.0 Å². The third-order valence-electron chi connectivity index (χ3n) is 4.52. The SMILES string of the molecule is COC(=O)Cc1cccc(C2CCCN(S(=O)(=O)c3ccsc3)C2)c1. The van der Waals surface area contributed by atoms with E-state index in [1.165, 1.54) is 18.4 Å². The molecule has 1 aromatic heterocycles. The molecule has 0 aliphatic carbocycles. The third kappa shape index (κ3) is 4.11. The van der Waals surface area contributed by atoms with Gasteiger partial charge in [-0.05, 0) is 41.3 Å². The highest BCUT2D eigenvalue weighted by Gasteiger charge is 2.31. The molecule has 0 spiro atoms. The molecule has 1 aromatic carbocycles. The Kier molecular flexibility index (Phi) is 5.56. The lowest BCUT2D eigenvalue weighted by Gasteiger charge is -2.32. The van der Waals surface area contributed by atoms with E-state index in [9.17, 15) is 13.2 Å². The van der Waals surface area contributed by atoms with Crippen molar-refractivity contribution in [3.8, 4) is 0 Å². The van der Waals surface area contributed by atoms with Gasteiger partial charge in [-0.2, -0.15) is 15.6 Å². The first kappa shape index (κ1) is 18.1. The molecule has 25 heavy (non-hydrogen) atoms. The van der Waals surface area contributed by atoms with Gasteiger partial charge in [0.1, 0.15) is 0 Å². The molecule has 134 valence electrons. The molecule has 7 heteroatoms. The fraction of sp³-hybridized carbons (Fsp3) is 0.389. The molecule has 0 amide bonds. The number of carbonyl (C=O) groups excluding carboxylic acids is 1. The van der Waals surface area contributed by atoms with Crippen LogP contribution in [0.2, 0.25) is 0 Å².